The quantitative estimate of drug-likeness (QED) is 0.252. The zero-order valence-electron chi connectivity index (χ0n) is 18.9. The molecule has 4 aromatic carbocycles. The number of nitrogens with zero attached hydrogens (tertiary/aromatic N) is 2. The van der Waals surface area contributed by atoms with Crippen LogP contribution in [0.25, 0.3) is 28.2 Å². The molecule has 160 valence electrons. The van der Waals surface area contributed by atoms with E-state index in [1.807, 2.05) is 6.21 Å². The van der Waals surface area contributed by atoms with Crippen molar-refractivity contribution in [2.24, 2.45) is 4.99 Å². The van der Waals surface area contributed by atoms with Gasteiger partial charge in [0.25, 0.3) is 0 Å². The predicted octanol–water partition coefficient (Wildman–Crippen LogP) is 8.18. The molecule has 0 aliphatic rings. The highest BCUT2D eigenvalue weighted by Crippen LogP contribution is 2.35. The Kier molecular flexibility index (Phi) is 5.73. The maximum atomic E-state index is 4.87. The summed E-state index contributed by atoms with van der Waals surface area (Å²) in [6.07, 6.45) is 2.00. The zero-order chi connectivity index (χ0) is 22.6. The van der Waals surface area contributed by atoms with Crippen molar-refractivity contribution >= 4 is 11.9 Å². The first-order valence-electron chi connectivity index (χ1n) is 11.2. The fourth-order valence-corrected chi connectivity index (χ4v) is 4.14. The minimum atomic E-state index is 0.964. The summed E-state index contributed by atoms with van der Waals surface area (Å²) in [6.45, 7) is 4.26. The molecule has 0 N–H and O–H groups in total. The van der Waals surface area contributed by atoms with Gasteiger partial charge in [0.2, 0.25) is 0 Å². The van der Waals surface area contributed by atoms with Gasteiger partial charge in [-0.05, 0) is 66.4 Å². The lowest BCUT2D eigenvalue weighted by atomic mass is 10.1. The summed E-state index contributed by atoms with van der Waals surface area (Å²) in [7, 11) is 0. The fraction of sp³-hybridized carbons (Fsp3) is 0.0645. The minimum Gasteiger partial charge on any atom is -0.309 e. The van der Waals surface area contributed by atoms with Crippen LogP contribution in [0.15, 0.2) is 120 Å². The number of para-hydroxylation sites is 1. The summed E-state index contributed by atoms with van der Waals surface area (Å²) in [6, 6.07) is 40.2. The van der Waals surface area contributed by atoms with Crippen LogP contribution >= 0.6 is 0 Å². The van der Waals surface area contributed by atoms with E-state index in [2.05, 4.69) is 134 Å². The van der Waals surface area contributed by atoms with Crippen LogP contribution in [0, 0.1) is 13.8 Å². The standard InChI is InChI=1S/C31H26N2/c1-23-18-19-28(20-24(23)2)32-22-27-21-30(25-12-6-3-7-13-25)33(29-16-10-5-11-17-29)31(27)26-14-8-4-9-15-26/h3-22H,1-2H3. The van der Waals surface area contributed by atoms with E-state index in [1.54, 1.807) is 0 Å². The predicted molar refractivity (Wildman–Crippen MR) is 140 cm³/mol. The highest BCUT2D eigenvalue weighted by Gasteiger charge is 2.18. The van der Waals surface area contributed by atoms with E-state index in [1.165, 1.54) is 16.7 Å². The van der Waals surface area contributed by atoms with E-state index in [0.717, 1.165) is 33.9 Å². The van der Waals surface area contributed by atoms with Crippen molar-refractivity contribution in [1.29, 1.82) is 0 Å². The maximum absolute atomic E-state index is 4.87. The fourth-order valence-electron chi connectivity index (χ4n) is 4.14. The Labute approximate surface area is 195 Å². The summed E-state index contributed by atoms with van der Waals surface area (Å²) < 4.78 is 2.34. The van der Waals surface area contributed by atoms with Gasteiger partial charge in [0, 0.05) is 17.5 Å². The second-order valence-electron chi connectivity index (χ2n) is 8.26. The van der Waals surface area contributed by atoms with Crippen molar-refractivity contribution in [2.75, 3.05) is 0 Å². The summed E-state index contributed by atoms with van der Waals surface area (Å²) in [4.78, 5) is 4.87. The number of rotatable bonds is 5. The van der Waals surface area contributed by atoms with Crippen molar-refractivity contribution in [3.05, 3.63) is 132 Å². The number of hydrogen-bond acceptors (Lipinski definition) is 1. The lowest BCUT2D eigenvalue weighted by Gasteiger charge is -2.15. The van der Waals surface area contributed by atoms with E-state index in [-0.39, 0.29) is 0 Å². The Bertz CT molecular complexity index is 1400. The molecular formula is C31H26N2. The molecule has 0 fully saturated rings. The third kappa shape index (κ3) is 4.28. The van der Waals surface area contributed by atoms with E-state index < -0.39 is 0 Å². The largest absolute Gasteiger partial charge is 0.309 e. The van der Waals surface area contributed by atoms with Gasteiger partial charge < -0.3 is 4.57 Å². The van der Waals surface area contributed by atoms with Crippen LogP contribution in [-0.4, -0.2) is 10.8 Å². The van der Waals surface area contributed by atoms with Crippen molar-refractivity contribution in [2.45, 2.75) is 13.8 Å². The van der Waals surface area contributed by atoms with E-state index in [9.17, 15) is 0 Å². The van der Waals surface area contributed by atoms with Crippen LogP contribution < -0.4 is 0 Å². The number of benzene rings is 4. The number of aliphatic imine (C=N–C) groups is 1. The van der Waals surface area contributed by atoms with Gasteiger partial charge in [-0.1, -0.05) is 84.9 Å². The Morgan fingerprint density at radius 3 is 1.85 bits per heavy atom. The molecule has 0 bridgehead atoms. The first-order chi connectivity index (χ1) is 16.2. The number of aryl methyl sites for hydroxylation is 2. The smallest absolute Gasteiger partial charge is 0.0632 e. The monoisotopic (exact) mass is 426 g/mol. The van der Waals surface area contributed by atoms with Crippen LogP contribution in [0.4, 0.5) is 5.69 Å². The molecule has 2 heteroatoms. The molecule has 0 saturated carbocycles. The Hall–Kier alpha value is -4.17. The zero-order valence-corrected chi connectivity index (χ0v) is 18.9. The van der Waals surface area contributed by atoms with E-state index in [0.29, 0.717) is 0 Å². The van der Waals surface area contributed by atoms with Crippen molar-refractivity contribution in [1.82, 2.24) is 4.57 Å². The molecule has 0 atom stereocenters. The van der Waals surface area contributed by atoms with Crippen molar-refractivity contribution in [3.63, 3.8) is 0 Å². The minimum absolute atomic E-state index is 0.964. The molecule has 0 amide bonds. The van der Waals surface area contributed by atoms with Gasteiger partial charge in [-0.15, -0.1) is 0 Å². The second-order valence-corrected chi connectivity index (χ2v) is 8.26. The molecule has 5 aromatic rings. The molecule has 1 heterocycles. The van der Waals surface area contributed by atoms with Gasteiger partial charge in [-0.2, -0.15) is 0 Å². The molecule has 0 unspecified atom stereocenters. The third-order valence-electron chi connectivity index (χ3n) is 6.00. The SMILES string of the molecule is Cc1ccc(N=Cc2cc(-c3ccccc3)n(-c3ccccc3)c2-c2ccccc2)cc1C. The molecule has 5 rings (SSSR count). The maximum Gasteiger partial charge on any atom is 0.0632 e. The van der Waals surface area contributed by atoms with Gasteiger partial charge in [0.15, 0.2) is 0 Å². The van der Waals surface area contributed by atoms with E-state index in [4.69, 9.17) is 4.99 Å². The Balaban J connectivity index is 1.75. The summed E-state index contributed by atoms with van der Waals surface area (Å²) in [5.74, 6) is 0. The molecule has 0 saturated heterocycles. The average molecular weight is 427 g/mol. The lowest BCUT2D eigenvalue weighted by Crippen LogP contribution is -2.00. The summed E-state index contributed by atoms with van der Waals surface area (Å²) in [5, 5.41) is 0. The highest BCUT2D eigenvalue weighted by atomic mass is 15.0. The van der Waals surface area contributed by atoms with Crippen LogP contribution in [0.3, 0.4) is 0 Å². The van der Waals surface area contributed by atoms with Crippen LogP contribution in [0.5, 0.6) is 0 Å². The van der Waals surface area contributed by atoms with Crippen molar-refractivity contribution in [3.8, 4) is 28.2 Å². The first kappa shape index (κ1) is 20.7. The number of hydrogen-bond donors (Lipinski definition) is 0. The molecule has 0 aliphatic carbocycles. The molecule has 0 spiro atoms. The van der Waals surface area contributed by atoms with Gasteiger partial charge in [0.1, 0.15) is 0 Å². The average Bonchev–Trinajstić information content (AvgIpc) is 3.26. The summed E-state index contributed by atoms with van der Waals surface area (Å²) >= 11 is 0. The molecule has 0 radical (unpaired) electrons. The Morgan fingerprint density at radius 1 is 0.606 bits per heavy atom. The third-order valence-corrected chi connectivity index (χ3v) is 6.00. The molecule has 0 aliphatic heterocycles. The summed E-state index contributed by atoms with van der Waals surface area (Å²) in [5.41, 5.74) is 10.3. The van der Waals surface area contributed by atoms with Gasteiger partial charge >= 0.3 is 0 Å². The van der Waals surface area contributed by atoms with Gasteiger partial charge in [-0.3, -0.25) is 4.99 Å². The normalized spacial score (nSPS) is 11.2. The molecule has 1 aromatic heterocycles. The first-order valence-corrected chi connectivity index (χ1v) is 11.2. The molecule has 2 nitrogen and oxygen atoms in total. The Morgan fingerprint density at radius 2 is 1.21 bits per heavy atom. The lowest BCUT2D eigenvalue weighted by molar-refractivity contribution is 1.09. The van der Waals surface area contributed by atoms with E-state index >= 15 is 0 Å². The second kappa shape index (κ2) is 9.13. The molecule has 33 heavy (non-hydrogen) atoms. The molecular weight excluding hydrogens is 400 g/mol. The highest BCUT2D eigenvalue weighted by molar-refractivity contribution is 5.94. The van der Waals surface area contributed by atoms with Crippen LogP contribution in [-0.2, 0) is 0 Å². The van der Waals surface area contributed by atoms with Crippen LogP contribution in [0.2, 0.25) is 0 Å². The van der Waals surface area contributed by atoms with Gasteiger partial charge in [-0.25, -0.2) is 0 Å². The number of aromatic nitrogens is 1. The van der Waals surface area contributed by atoms with Crippen molar-refractivity contribution < 1.29 is 0 Å². The van der Waals surface area contributed by atoms with Gasteiger partial charge in [0.05, 0.1) is 17.1 Å². The topological polar surface area (TPSA) is 17.3 Å². The van der Waals surface area contributed by atoms with Crippen LogP contribution in [0.1, 0.15) is 16.7 Å².